The van der Waals surface area contributed by atoms with Crippen LogP contribution in [0.3, 0.4) is 0 Å². The van der Waals surface area contributed by atoms with Crippen LogP contribution in [0.2, 0.25) is 0 Å². The number of ether oxygens (including phenoxy) is 3. The summed E-state index contributed by atoms with van der Waals surface area (Å²) >= 11 is 0. The molecule has 1 aromatic carbocycles. The van der Waals surface area contributed by atoms with Crippen molar-refractivity contribution >= 4 is 5.97 Å². The molecular weight excluding hydrogens is 244 g/mol. The van der Waals surface area contributed by atoms with Gasteiger partial charge in [0.15, 0.2) is 0 Å². The van der Waals surface area contributed by atoms with Gasteiger partial charge in [-0.2, -0.15) is 0 Å². The Bertz CT molecular complexity index is 376. The number of esters is 1. The highest BCUT2D eigenvalue weighted by Crippen LogP contribution is 2.19. The van der Waals surface area contributed by atoms with Crippen molar-refractivity contribution in [2.45, 2.75) is 32.6 Å². The van der Waals surface area contributed by atoms with Gasteiger partial charge in [0.25, 0.3) is 0 Å². The van der Waals surface area contributed by atoms with Gasteiger partial charge in [-0.3, -0.25) is 4.79 Å². The summed E-state index contributed by atoms with van der Waals surface area (Å²) < 4.78 is 15.6. The molecule has 0 aliphatic carbocycles. The van der Waals surface area contributed by atoms with Gasteiger partial charge in [-0.15, -0.1) is 0 Å². The maximum Gasteiger partial charge on any atom is 0.305 e. The topological polar surface area (TPSA) is 44.8 Å². The monoisotopic (exact) mass is 266 g/mol. The predicted molar refractivity (Wildman–Crippen MR) is 73.6 cm³/mol. The molecule has 0 bridgehead atoms. The second-order valence-electron chi connectivity index (χ2n) is 4.14. The molecular formula is C15H22O4. The van der Waals surface area contributed by atoms with Crippen molar-refractivity contribution in [1.29, 1.82) is 0 Å². The van der Waals surface area contributed by atoms with Crippen LogP contribution in [0.15, 0.2) is 24.3 Å². The number of hydrogen-bond donors (Lipinski definition) is 0. The molecule has 1 rings (SSSR count). The van der Waals surface area contributed by atoms with Crippen molar-refractivity contribution in [3.05, 3.63) is 24.3 Å². The van der Waals surface area contributed by atoms with Gasteiger partial charge in [0.1, 0.15) is 11.5 Å². The van der Waals surface area contributed by atoms with Crippen LogP contribution in [0, 0.1) is 0 Å². The van der Waals surface area contributed by atoms with Crippen molar-refractivity contribution in [2.24, 2.45) is 0 Å². The van der Waals surface area contributed by atoms with E-state index < -0.39 is 0 Å². The van der Waals surface area contributed by atoms with Crippen molar-refractivity contribution in [3.8, 4) is 11.5 Å². The Morgan fingerprint density at radius 3 is 2.68 bits per heavy atom. The average molecular weight is 266 g/mol. The van der Waals surface area contributed by atoms with Crippen molar-refractivity contribution in [1.82, 2.24) is 0 Å². The van der Waals surface area contributed by atoms with Crippen molar-refractivity contribution in [3.63, 3.8) is 0 Å². The molecule has 0 aliphatic heterocycles. The molecule has 0 heterocycles. The smallest absolute Gasteiger partial charge is 0.305 e. The van der Waals surface area contributed by atoms with Crippen LogP contribution in [0.25, 0.3) is 0 Å². The third-order valence-corrected chi connectivity index (χ3v) is 2.64. The van der Waals surface area contributed by atoms with Gasteiger partial charge in [0.2, 0.25) is 0 Å². The van der Waals surface area contributed by atoms with E-state index in [-0.39, 0.29) is 5.97 Å². The second-order valence-corrected chi connectivity index (χ2v) is 4.14. The maximum atomic E-state index is 11.1. The lowest BCUT2D eigenvalue weighted by atomic mass is 10.2. The SMILES string of the molecule is CCOC(=O)CCCCCOc1cccc(OC)c1. The summed E-state index contributed by atoms with van der Waals surface area (Å²) in [5.41, 5.74) is 0. The molecule has 106 valence electrons. The molecule has 0 aromatic heterocycles. The first-order valence-corrected chi connectivity index (χ1v) is 6.68. The number of carbonyl (C=O) groups is 1. The number of carbonyl (C=O) groups excluding carboxylic acids is 1. The zero-order valence-electron chi connectivity index (χ0n) is 11.7. The Morgan fingerprint density at radius 2 is 1.95 bits per heavy atom. The third-order valence-electron chi connectivity index (χ3n) is 2.64. The Morgan fingerprint density at radius 1 is 1.16 bits per heavy atom. The summed E-state index contributed by atoms with van der Waals surface area (Å²) in [5, 5.41) is 0. The van der Waals surface area contributed by atoms with E-state index in [1.54, 1.807) is 7.11 Å². The minimum Gasteiger partial charge on any atom is -0.497 e. The summed E-state index contributed by atoms with van der Waals surface area (Å²) in [6.45, 7) is 2.92. The molecule has 4 heteroatoms. The predicted octanol–water partition coefficient (Wildman–Crippen LogP) is 3.20. The highest BCUT2D eigenvalue weighted by molar-refractivity contribution is 5.69. The number of methoxy groups -OCH3 is 1. The van der Waals surface area contributed by atoms with Crippen LogP contribution in [0.1, 0.15) is 32.6 Å². The molecule has 0 saturated carbocycles. The first-order valence-electron chi connectivity index (χ1n) is 6.68. The largest absolute Gasteiger partial charge is 0.497 e. The Balaban J connectivity index is 2.08. The number of benzene rings is 1. The highest BCUT2D eigenvalue weighted by atomic mass is 16.5. The molecule has 0 spiro atoms. The summed E-state index contributed by atoms with van der Waals surface area (Å²) in [7, 11) is 1.63. The number of rotatable bonds is 9. The van der Waals surface area contributed by atoms with Gasteiger partial charge in [-0.1, -0.05) is 6.07 Å². The maximum absolute atomic E-state index is 11.1. The van der Waals surface area contributed by atoms with Crippen molar-refractivity contribution < 1.29 is 19.0 Å². The fourth-order valence-electron chi connectivity index (χ4n) is 1.66. The normalized spacial score (nSPS) is 10.0. The quantitative estimate of drug-likeness (QED) is 0.508. The number of unbranched alkanes of at least 4 members (excludes halogenated alkanes) is 2. The van der Waals surface area contributed by atoms with Crippen LogP contribution in [-0.4, -0.2) is 26.3 Å². The van der Waals surface area contributed by atoms with Crippen LogP contribution < -0.4 is 9.47 Å². The lowest BCUT2D eigenvalue weighted by molar-refractivity contribution is -0.143. The lowest BCUT2D eigenvalue weighted by Crippen LogP contribution is -2.04. The molecule has 1 aromatic rings. The van der Waals surface area contributed by atoms with E-state index in [2.05, 4.69) is 0 Å². The van der Waals surface area contributed by atoms with Gasteiger partial charge in [0, 0.05) is 12.5 Å². The van der Waals surface area contributed by atoms with E-state index in [1.807, 2.05) is 31.2 Å². The van der Waals surface area contributed by atoms with Gasteiger partial charge in [-0.25, -0.2) is 0 Å². The first kappa shape index (κ1) is 15.3. The molecule has 0 aliphatic rings. The Hall–Kier alpha value is -1.71. The highest BCUT2D eigenvalue weighted by Gasteiger charge is 2.01. The average Bonchev–Trinajstić information content (AvgIpc) is 2.43. The van der Waals surface area contributed by atoms with Crippen LogP contribution in [0.5, 0.6) is 11.5 Å². The molecule has 0 radical (unpaired) electrons. The summed E-state index contributed by atoms with van der Waals surface area (Å²) in [6, 6.07) is 7.54. The second kappa shape index (κ2) is 9.25. The molecule has 0 N–H and O–H groups in total. The van der Waals surface area contributed by atoms with Gasteiger partial charge in [0.05, 0.1) is 20.3 Å². The van der Waals surface area contributed by atoms with Crippen molar-refractivity contribution in [2.75, 3.05) is 20.3 Å². The molecule has 0 unspecified atom stereocenters. The number of hydrogen-bond acceptors (Lipinski definition) is 4. The molecule has 19 heavy (non-hydrogen) atoms. The van der Waals surface area contributed by atoms with Crippen LogP contribution in [-0.2, 0) is 9.53 Å². The van der Waals surface area contributed by atoms with Gasteiger partial charge < -0.3 is 14.2 Å². The van der Waals surface area contributed by atoms with E-state index in [0.29, 0.717) is 19.6 Å². The molecule has 0 atom stereocenters. The first-order chi connectivity index (χ1) is 9.26. The fraction of sp³-hybridized carbons (Fsp3) is 0.533. The minimum atomic E-state index is -0.115. The molecule has 0 saturated heterocycles. The molecule has 0 amide bonds. The molecule has 0 fully saturated rings. The minimum absolute atomic E-state index is 0.115. The Kier molecular flexibility index (Phi) is 7.47. The van der Waals surface area contributed by atoms with E-state index in [1.165, 1.54) is 0 Å². The van der Waals surface area contributed by atoms with E-state index in [4.69, 9.17) is 14.2 Å². The van der Waals surface area contributed by atoms with Crippen LogP contribution >= 0.6 is 0 Å². The van der Waals surface area contributed by atoms with Gasteiger partial charge in [-0.05, 0) is 38.3 Å². The zero-order valence-corrected chi connectivity index (χ0v) is 11.7. The molecule has 4 nitrogen and oxygen atoms in total. The third kappa shape index (κ3) is 6.70. The fourth-order valence-corrected chi connectivity index (χ4v) is 1.66. The van der Waals surface area contributed by atoms with E-state index >= 15 is 0 Å². The summed E-state index contributed by atoms with van der Waals surface area (Å²) in [4.78, 5) is 11.1. The lowest BCUT2D eigenvalue weighted by Gasteiger charge is -2.07. The van der Waals surface area contributed by atoms with E-state index in [0.717, 1.165) is 30.8 Å². The standard InChI is InChI=1S/C15H22O4/c1-3-18-15(16)10-5-4-6-11-19-14-9-7-8-13(12-14)17-2/h7-9,12H,3-6,10-11H2,1-2H3. The van der Waals surface area contributed by atoms with Gasteiger partial charge >= 0.3 is 5.97 Å². The van der Waals surface area contributed by atoms with E-state index in [9.17, 15) is 4.79 Å². The zero-order chi connectivity index (χ0) is 13.9. The summed E-state index contributed by atoms with van der Waals surface area (Å²) in [6.07, 6.45) is 3.23. The Labute approximate surface area is 114 Å². The summed E-state index contributed by atoms with van der Waals surface area (Å²) in [5.74, 6) is 1.49. The van der Waals surface area contributed by atoms with Crippen LogP contribution in [0.4, 0.5) is 0 Å².